The molecule has 2 nitrogen and oxygen atoms in total. The van der Waals surface area contributed by atoms with Crippen molar-refractivity contribution in [1.82, 2.24) is 4.90 Å². The normalized spacial score (nSPS) is 18.4. The molecule has 1 saturated carbocycles. The summed E-state index contributed by atoms with van der Waals surface area (Å²) in [6.07, 6.45) is 5.86. The van der Waals surface area contributed by atoms with Crippen LogP contribution in [0.3, 0.4) is 0 Å². The summed E-state index contributed by atoms with van der Waals surface area (Å²) in [6, 6.07) is 4.16. The van der Waals surface area contributed by atoms with Gasteiger partial charge in [0.15, 0.2) is 11.6 Å². The minimum absolute atomic E-state index is 0.0257. The fourth-order valence-electron chi connectivity index (χ4n) is 3.33. The Morgan fingerprint density at radius 1 is 1.15 bits per heavy atom. The number of likely N-dealkylation sites (N-methyl/N-ethyl adjacent to an activating group) is 1. The number of nitrogens with two attached hydrogens (primary N) is 1. The molecule has 20 heavy (non-hydrogen) atoms. The predicted octanol–water partition coefficient (Wildman–Crippen LogP) is 3.45. The van der Waals surface area contributed by atoms with Crippen LogP contribution in [0.4, 0.5) is 8.78 Å². The molecule has 0 heterocycles. The Hall–Kier alpha value is -1.00. The predicted molar refractivity (Wildman–Crippen MR) is 77.3 cm³/mol. The quantitative estimate of drug-likeness (QED) is 0.896. The molecule has 112 valence electrons. The van der Waals surface area contributed by atoms with Crippen LogP contribution in [0.5, 0.6) is 0 Å². The van der Waals surface area contributed by atoms with Gasteiger partial charge < -0.3 is 5.73 Å². The maximum Gasteiger partial charge on any atom is 0.159 e. The van der Waals surface area contributed by atoms with E-state index >= 15 is 0 Å². The standard InChI is InChI=1S/C16H24F2N2/c1-2-20(16(12-19)8-4-3-5-9-16)11-13-6-7-14(17)15(18)10-13/h6-7,10H,2-5,8-9,11-12,19H2,1H3. The Balaban J connectivity index is 2.16. The third-order valence-corrected chi connectivity index (χ3v) is 4.57. The lowest BCUT2D eigenvalue weighted by molar-refractivity contribution is 0.0545. The third kappa shape index (κ3) is 3.18. The average molecular weight is 282 g/mol. The van der Waals surface area contributed by atoms with Gasteiger partial charge in [-0.2, -0.15) is 0 Å². The van der Waals surface area contributed by atoms with Crippen LogP contribution in [0.25, 0.3) is 0 Å². The first kappa shape index (κ1) is 15.4. The summed E-state index contributed by atoms with van der Waals surface area (Å²) in [4.78, 5) is 2.33. The number of benzene rings is 1. The van der Waals surface area contributed by atoms with E-state index in [0.717, 1.165) is 24.9 Å². The van der Waals surface area contributed by atoms with E-state index in [4.69, 9.17) is 5.73 Å². The third-order valence-electron chi connectivity index (χ3n) is 4.57. The van der Waals surface area contributed by atoms with Gasteiger partial charge in [0.2, 0.25) is 0 Å². The summed E-state index contributed by atoms with van der Waals surface area (Å²) >= 11 is 0. The lowest BCUT2D eigenvalue weighted by Gasteiger charge is -2.45. The molecule has 4 heteroatoms. The average Bonchev–Trinajstić information content (AvgIpc) is 2.49. The van der Waals surface area contributed by atoms with E-state index in [-0.39, 0.29) is 5.54 Å². The summed E-state index contributed by atoms with van der Waals surface area (Å²) in [6.45, 7) is 4.23. The molecular weight excluding hydrogens is 258 g/mol. The molecule has 1 aliphatic carbocycles. The highest BCUT2D eigenvalue weighted by atomic mass is 19.2. The summed E-state index contributed by atoms with van der Waals surface area (Å²) in [5.41, 5.74) is 6.88. The Labute approximate surface area is 120 Å². The Morgan fingerprint density at radius 2 is 1.85 bits per heavy atom. The van der Waals surface area contributed by atoms with E-state index in [0.29, 0.717) is 13.1 Å². The zero-order valence-corrected chi connectivity index (χ0v) is 12.2. The molecule has 2 rings (SSSR count). The first-order valence-corrected chi connectivity index (χ1v) is 7.50. The summed E-state index contributed by atoms with van der Waals surface area (Å²) in [5.74, 6) is -1.56. The second-order valence-corrected chi connectivity index (χ2v) is 5.75. The number of halogens is 2. The molecule has 1 aromatic carbocycles. The molecule has 0 bridgehead atoms. The van der Waals surface area contributed by atoms with Crippen molar-refractivity contribution in [3.63, 3.8) is 0 Å². The molecule has 0 unspecified atom stereocenters. The van der Waals surface area contributed by atoms with Crippen molar-refractivity contribution in [3.8, 4) is 0 Å². The van der Waals surface area contributed by atoms with Crippen molar-refractivity contribution in [2.45, 2.75) is 51.1 Å². The smallest absolute Gasteiger partial charge is 0.159 e. The van der Waals surface area contributed by atoms with E-state index in [1.54, 1.807) is 6.07 Å². The van der Waals surface area contributed by atoms with E-state index in [1.165, 1.54) is 31.4 Å². The van der Waals surface area contributed by atoms with E-state index in [2.05, 4.69) is 11.8 Å². The van der Waals surface area contributed by atoms with Gasteiger partial charge in [0.1, 0.15) is 0 Å². The second-order valence-electron chi connectivity index (χ2n) is 5.75. The highest BCUT2D eigenvalue weighted by molar-refractivity contribution is 5.18. The van der Waals surface area contributed by atoms with Crippen LogP contribution in [-0.2, 0) is 6.54 Å². The molecule has 0 atom stereocenters. The monoisotopic (exact) mass is 282 g/mol. The molecular formula is C16H24F2N2. The van der Waals surface area contributed by atoms with Crippen molar-refractivity contribution in [2.24, 2.45) is 5.73 Å². The zero-order valence-electron chi connectivity index (χ0n) is 12.2. The minimum Gasteiger partial charge on any atom is -0.329 e. The van der Waals surface area contributed by atoms with Gasteiger partial charge in [-0.3, -0.25) is 4.90 Å². The molecule has 0 aliphatic heterocycles. The van der Waals surface area contributed by atoms with Gasteiger partial charge in [-0.25, -0.2) is 8.78 Å². The Morgan fingerprint density at radius 3 is 2.40 bits per heavy atom. The van der Waals surface area contributed by atoms with Gasteiger partial charge >= 0.3 is 0 Å². The fourth-order valence-corrected chi connectivity index (χ4v) is 3.33. The number of rotatable bonds is 5. The summed E-state index contributed by atoms with van der Waals surface area (Å²) < 4.78 is 26.3. The van der Waals surface area contributed by atoms with E-state index in [9.17, 15) is 8.78 Å². The maximum absolute atomic E-state index is 13.3. The van der Waals surface area contributed by atoms with Crippen LogP contribution in [0, 0.1) is 11.6 Å². The van der Waals surface area contributed by atoms with Crippen LogP contribution < -0.4 is 5.73 Å². The number of hydrogen-bond donors (Lipinski definition) is 1. The van der Waals surface area contributed by atoms with E-state index in [1.807, 2.05) is 0 Å². The van der Waals surface area contributed by atoms with Crippen LogP contribution in [-0.4, -0.2) is 23.5 Å². The highest BCUT2D eigenvalue weighted by Crippen LogP contribution is 2.33. The summed E-state index contributed by atoms with van der Waals surface area (Å²) in [5, 5.41) is 0. The molecule has 0 amide bonds. The fraction of sp³-hybridized carbons (Fsp3) is 0.625. The zero-order chi connectivity index (χ0) is 14.6. The number of hydrogen-bond acceptors (Lipinski definition) is 2. The van der Waals surface area contributed by atoms with Gasteiger partial charge in [0, 0.05) is 18.6 Å². The largest absolute Gasteiger partial charge is 0.329 e. The lowest BCUT2D eigenvalue weighted by atomic mass is 9.80. The lowest BCUT2D eigenvalue weighted by Crippen LogP contribution is -2.54. The van der Waals surface area contributed by atoms with Crippen LogP contribution in [0.2, 0.25) is 0 Å². The Bertz CT molecular complexity index is 442. The van der Waals surface area contributed by atoms with Crippen molar-refractivity contribution >= 4 is 0 Å². The summed E-state index contributed by atoms with van der Waals surface area (Å²) in [7, 11) is 0. The van der Waals surface area contributed by atoms with Crippen LogP contribution in [0.1, 0.15) is 44.6 Å². The second kappa shape index (κ2) is 6.64. The molecule has 0 radical (unpaired) electrons. The van der Waals surface area contributed by atoms with Gasteiger partial charge in [-0.15, -0.1) is 0 Å². The van der Waals surface area contributed by atoms with Crippen molar-refractivity contribution in [2.75, 3.05) is 13.1 Å². The Kier molecular flexibility index (Phi) is 5.11. The minimum atomic E-state index is -0.789. The molecule has 1 fully saturated rings. The molecule has 0 aromatic heterocycles. The van der Waals surface area contributed by atoms with Gasteiger partial charge in [-0.1, -0.05) is 32.3 Å². The van der Waals surface area contributed by atoms with Gasteiger partial charge in [0.05, 0.1) is 0 Å². The molecule has 1 aromatic rings. The molecule has 0 spiro atoms. The molecule has 0 saturated heterocycles. The number of nitrogens with zero attached hydrogens (tertiary/aromatic N) is 1. The first-order chi connectivity index (χ1) is 9.61. The van der Waals surface area contributed by atoms with Gasteiger partial charge in [-0.05, 0) is 37.1 Å². The molecule has 1 aliphatic rings. The molecule has 2 N–H and O–H groups in total. The van der Waals surface area contributed by atoms with Crippen LogP contribution in [0.15, 0.2) is 18.2 Å². The highest BCUT2D eigenvalue weighted by Gasteiger charge is 2.35. The van der Waals surface area contributed by atoms with Crippen molar-refractivity contribution in [1.29, 1.82) is 0 Å². The topological polar surface area (TPSA) is 29.3 Å². The van der Waals surface area contributed by atoms with E-state index < -0.39 is 11.6 Å². The van der Waals surface area contributed by atoms with Crippen LogP contribution >= 0.6 is 0 Å². The van der Waals surface area contributed by atoms with Crippen molar-refractivity contribution in [3.05, 3.63) is 35.4 Å². The van der Waals surface area contributed by atoms with Gasteiger partial charge in [0.25, 0.3) is 0 Å². The maximum atomic E-state index is 13.3. The SMILES string of the molecule is CCN(Cc1ccc(F)c(F)c1)C1(CN)CCCCC1. The van der Waals surface area contributed by atoms with Crippen molar-refractivity contribution < 1.29 is 8.78 Å². The first-order valence-electron chi connectivity index (χ1n) is 7.50.